The molecule has 10 nitrogen and oxygen atoms in total. The summed E-state index contributed by atoms with van der Waals surface area (Å²) in [6, 6.07) is 22.8. The SMILES string of the molecule is CNc1cc(Nc2nc(-c3cn(C)c4ccccc34)c3ccn(S(=O)(=O)c4ccc(C)cc4)c3n2)ccc1N(C)CCN(C)C. The van der Waals surface area contributed by atoms with E-state index in [4.69, 9.17) is 9.97 Å². The van der Waals surface area contributed by atoms with E-state index in [2.05, 4.69) is 64.3 Å². The molecule has 2 N–H and O–H groups in total. The molecule has 0 atom stereocenters. The molecule has 0 unspecified atom stereocenters. The molecule has 0 saturated carbocycles. The van der Waals surface area contributed by atoms with E-state index in [0.717, 1.165) is 52.2 Å². The fourth-order valence-corrected chi connectivity index (χ4v) is 6.84. The summed E-state index contributed by atoms with van der Waals surface area (Å²) in [6.07, 6.45) is 3.59. The lowest BCUT2D eigenvalue weighted by atomic mass is 10.1. The fourth-order valence-electron chi connectivity index (χ4n) is 5.55. The summed E-state index contributed by atoms with van der Waals surface area (Å²) in [7, 11) is 6.15. The number of aromatic nitrogens is 4. The number of para-hydroxylation sites is 1. The first-order valence-corrected chi connectivity index (χ1v) is 16.2. The lowest BCUT2D eigenvalue weighted by molar-refractivity contribution is 0.416. The number of benzene rings is 3. The molecule has 0 fully saturated rings. The van der Waals surface area contributed by atoms with Crippen molar-refractivity contribution in [2.24, 2.45) is 7.05 Å². The summed E-state index contributed by atoms with van der Waals surface area (Å²) >= 11 is 0. The molecular weight excluding hydrogens is 584 g/mol. The first-order valence-electron chi connectivity index (χ1n) is 14.8. The summed E-state index contributed by atoms with van der Waals surface area (Å²) in [5.74, 6) is 0.292. The molecule has 0 bridgehead atoms. The zero-order valence-electron chi connectivity index (χ0n) is 26.4. The summed E-state index contributed by atoms with van der Waals surface area (Å²) in [5, 5.41) is 8.33. The van der Waals surface area contributed by atoms with Crippen LogP contribution in [0.4, 0.5) is 23.0 Å². The van der Waals surface area contributed by atoms with Gasteiger partial charge in [0.25, 0.3) is 10.0 Å². The van der Waals surface area contributed by atoms with Gasteiger partial charge in [0.05, 0.1) is 22.0 Å². The standard InChI is InChI=1S/C34H38N8O2S/c1-23-11-14-25(15-12-23)45(43,44)42-18-17-27-32(28-22-41(6)30-10-8-7-9-26(28)30)37-34(38-33(27)42)36-24-13-16-31(29(21-24)35-2)40(5)20-19-39(3)4/h7-18,21-22,35H,19-20H2,1-6H3,(H,36,37,38). The number of anilines is 4. The van der Waals surface area contributed by atoms with E-state index in [9.17, 15) is 8.42 Å². The normalized spacial score (nSPS) is 11.9. The Hall–Kier alpha value is -4.87. The van der Waals surface area contributed by atoms with Gasteiger partial charge in [0.15, 0.2) is 5.65 Å². The predicted molar refractivity (Wildman–Crippen MR) is 184 cm³/mol. The van der Waals surface area contributed by atoms with Crippen LogP contribution in [0.5, 0.6) is 0 Å². The van der Waals surface area contributed by atoms with Crippen molar-refractivity contribution in [2.75, 3.05) is 56.8 Å². The number of nitrogens with zero attached hydrogens (tertiary/aromatic N) is 6. The molecule has 6 rings (SSSR count). The maximum absolute atomic E-state index is 13.9. The second-order valence-corrected chi connectivity index (χ2v) is 13.4. The van der Waals surface area contributed by atoms with E-state index >= 15 is 0 Å². The van der Waals surface area contributed by atoms with Gasteiger partial charge < -0.3 is 25.0 Å². The molecule has 3 aromatic heterocycles. The number of fused-ring (bicyclic) bond motifs is 2. The van der Waals surface area contributed by atoms with Gasteiger partial charge in [-0.25, -0.2) is 17.4 Å². The first kappa shape index (κ1) is 30.2. The highest BCUT2D eigenvalue weighted by atomic mass is 32.2. The van der Waals surface area contributed by atoms with Crippen molar-refractivity contribution >= 4 is 55.0 Å². The number of nitrogens with one attached hydrogen (secondary N) is 2. The summed E-state index contributed by atoms with van der Waals surface area (Å²) < 4.78 is 31.1. The van der Waals surface area contributed by atoms with Crippen LogP contribution in [0.1, 0.15) is 5.56 Å². The van der Waals surface area contributed by atoms with Crippen LogP contribution in [-0.4, -0.2) is 73.1 Å². The minimum absolute atomic E-state index is 0.193. The van der Waals surface area contributed by atoms with Crippen molar-refractivity contribution in [3.05, 3.63) is 90.8 Å². The smallest absolute Gasteiger partial charge is 0.269 e. The van der Waals surface area contributed by atoms with Crippen LogP contribution in [0, 0.1) is 6.92 Å². The molecule has 0 aliphatic carbocycles. The number of rotatable bonds is 10. The van der Waals surface area contributed by atoms with Crippen LogP contribution in [0.2, 0.25) is 0 Å². The van der Waals surface area contributed by atoms with Crippen molar-refractivity contribution in [3.8, 4) is 11.3 Å². The molecule has 3 aromatic carbocycles. The average molecular weight is 623 g/mol. The quantitative estimate of drug-likeness (QED) is 0.194. The third kappa shape index (κ3) is 5.72. The van der Waals surface area contributed by atoms with Crippen LogP contribution in [0.25, 0.3) is 33.2 Å². The largest absolute Gasteiger partial charge is 0.386 e. The van der Waals surface area contributed by atoms with Gasteiger partial charge in [0, 0.05) is 74.2 Å². The van der Waals surface area contributed by atoms with Crippen molar-refractivity contribution in [1.29, 1.82) is 0 Å². The van der Waals surface area contributed by atoms with E-state index in [1.807, 2.05) is 51.5 Å². The summed E-state index contributed by atoms with van der Waals surface area (Å²) in [5.41, 5.74) is 6.64. The van der Waals surface area contributed by atoms with Crippen LogP contribution in [0.3, 0.4) is 0 Å². The maximum atomic E-state index is 13.9. The van der Waals surface area contributed by atoms with E-state index in [0.29, 0.717) is 22.7 Å². The Labute approximate surface area is 264 Å². The van der Waals surface area contributed by atoms with Gasteiger partial charge in [0.1, 0.15) is 0 Å². The van der Waals surface area contributed by atoms with E-state index < -0.39 is 10.0 Å². The van der Waals surface area contributed by atoms with Crippen LogP contribution in [0.15, 0.2) is 90.1 Å². The molecule has 3 heterocycles. The summed E-state index contributed by atoms with van der Waals surface area (Å²) in [6.45, 7) is 3.72. The monoisotopic (exact) mass is 622 g/mol. The lowest BCUT2D eigenvalue weighted by Gasteiger charge is -2.24. The van der Waals surface area contributed by atoms with Crippen LogP contribution < -0.4 is 15.5 Å². The molecule has 0 aliphatic heterocycles. The number of likely N-dealkylation sites (N-methyl/N-ethyl adjacent to an activating group) is 2. The molecule has 0 radical (unpaired) electrons. The Kier molecular flexibility index (Phi) is 7.98. The van der Waals surface area contributed by atoms with Gasteiger partial charge in [0.2, 0.25) is 5.95 Å². The number of hydrogen-bond acceptors (Lipinski definition) is 8. The van der Waals surface area contributed by atoms with Gasteiger partial charge in [-0.05, 0) is 63.5 Å². The molecule has 0 spiro atoms. The number of hydrogen-bond donors (Lipinski definition) is 2. The molecule has 6 aromatic rings. The van der Waals surface area contributed by atoms with Crippen molar-refractivity contribution < 1.29 is 8.42 Å². The van der Waals surface area contributed by atoms with E-state index in [1.165, 1.54) is 3.97 Å². The van der Waals surface area contributed by atoms with Crippen molar-refractivity contribution in [2.45, 2.75) is 11.8 Å². The van der Waals surface area contributed by atoms with E-state index in [-0.39, 0.29) is 4.90 Å². The first-order chi connectivity index (χ1) is 21.6. The Balaban J connectivity index is 1.49. The second-order valence-electron chi connectivity index (χ2n) is 11.6. The maximum Gasteiger partial charge on any atom is 0.269 e. The fraction of sp³-hybridized carbons (Fsp3) is 0.235. The lowest BCUT2D eigenvalue weighted by Crippen LogP contribution is -2.28. The van der Waals surface area contributed by atoms with Gasteiger partial charge in [-0.3, -0.25) is 0 Å². The molecule has 232 valence electrons. The Morgan fingerprint density at radius 2 is 1.64 bits per heavy atom. The van der Waals surface area contributed by atoms with Gasteiger partial charge >= 0.3 is 0 Å². The summed E-state index contributed by atoms with van der Waals surface area (Å²) in [4.78, 5) is 14.3. The Bertz CT molecular complexity index is 2110. The highest BCUT2D eigenvalue weighted by molar-refractivity contribution is 7.90. The van der Waals surface area contributed by atoms with Gasteiger partial charge in [-0.1, -0.05) is 35.9 Å². The molecular formula is C34H38N8O2S. The average Bonchev–Trinajstić information content (AvgIpc) is 3.61. The van der Waals surface area contributed by atoms with E-state index in [1.54, 1.807) is 36.5 Å². The third-order valence-electron chi connectivity index (χ3n) is 8.06. The zero-order valence-corrected chi connectivity index (χ0v) is 27.2. The van der Waals surface area contributed by atoms with Crippen molar-refractivity contribution in [3.63, 3.8) is 0 Å². The minimum Gasteiger partial charge on any atom is -0.386 e. The van der Waals surface area contributed by atoms with Crippen LogP contribution in [-0.2, 0) is 17.1 Å². The molecule has 0 saturated heterocycles. The number of aryl methyl sites for hydroxylation is 2. The molecule has 11 heteroatoms. The predicted octanol–water partition coefficient (Wildman–Crippen LogP) is 5.92. The second kappa shape index (κ2) is 11.9. The van der Waals surface area contributed by atoms with Crippen LogP contribution >= 0.6 is 0 Å². The molecule has 45 heavy (non-hydrogen) atoms. The van der Waals surface area contributed by atoms with Gasteiger partial charge in [-0.15, -0.1) is 0 Å². The Morgan fingerprint density at radius 1 is 0.889 bits per heavy atom. The van der Waals surface area contributed by atoms with Crippen molar-refractivity contribution in [1.82, 2.24) is 23.4 Å². The highest BCUT2D eigenvalue weighted by Gasteiger charge is 2.24. The third-order valence-corrected chi connectivity index (χ3v) is 9.74. The topological polar surface area (TPSA) is 100 Å². The minimum atomic E-state index is -3.93. The highest BCUT2D eigenvalue weighted by Crippen LogP contribution is 2.36. The molecule has 0 aliphatic rings. The molecule has 0 amide bonds. The Morgan fingerprint density at radius 3 is 2.38 bits per heavy atom. The van der Waals surface area contributed by atoms with Gasteiger partial charge in [-0.2, -0.15) is 4.98 Å². The zero-order chi connectivity index (χ0) is 31.9.